The summed E-state index contributed by atoms with van der Waals surface area (Å²) in [6.07, 6.45) is 9.78. The van der Waals surface area contributed by atoms with Crippen LogP contribution in [0.15, 0.2) is 24.5 Å². The van der Waals surface area contributed by atoms with Gasteiger partial charge in [0, 0.05) is 12.4 Å². The average molecular weight is 217 g/mol. The van der Waals surface area contributed by atoms with Gasteiger partial charge in [-0.2, -0.15) is 0 Å². The molecule has 4 unspecified atom stereocenters. The Morgan fingerprint density at radius 2 is 2.31 bits per heavy atom. The lowest BCUT2D eigenvalue weighted by Gasteiger charge is -2.24. The second-order valence-corrected chi connectivity index (χ2v) is 5.47. The summed E-state index contributed by atoms with van der Waals surface area (Å²) in [7, 11) is 0. The Hall–Kier alpha value is -0.890. The molecule has 0 saturated heterocycles. The molecule has 4 atom stereocenters. The van der Waals surface area contributed by atoms with Gasteiger partial charge in [-0.05, 0) is 55.1 Å². The molecule has 16 heavy (non-hydrogen) atoms. The zero-order valence-electron chi connectivity index (χ0n) is 9.55. The molecular formula is C14H19NO. The molecule has 0 aliphatic heterocycles. The molecule has 86 valence electrons. The number of aliphatic hydroxyl groups excluding tert-OH is 1. The molecule has 2 aliphatic carbocycles. The van der Waals surface area contributed by atoms with E-state index < -0.39 is 0 Å². The lowest BCUT2D eigenvalue weighted by molar-refractivity contribution is 0.125. The number of hydrogen-bond acceptors (Lipinski definition) is 2. The molecule has 0 aromatic carbocycles. The number of rotatable bonds is 3. The third kappa shape index (κ3) is 1.86. The third-order valence-electron chi connectivity index (χ3n) is 4.48. The van der Waals surface area contributed by atoms with Gasteiger partial charge in [-0.1, -0.05) is 12.5 Å². The van der Waals surface area contributed by atoms with Crippen molar-refractivity contribution >= 4 is 0 Å². The molecule has 3 rings (SSSR count). The average Bonchev–Trinajstić information content (AvgIpc) is 2.92. The van der Waals surface area contributed by atoms with Crippen molar-refractivity contribution in [1.82, 2.24) is 4.98 Å². The van der Waals surface area contributed by atoms with Gasteiger partial charge in [0.1, 0.15) is 0 Å². The van der Waals surface area contributed by atoms with Gasteiger partial charge >= 0.3 is 0 Å². The second kappa shape index (κ2) is 4.17. The number of nitrogens with zero attached hydrogens (tertiary/aromatic N) is 1. The molecule has 2 nitrogen and oxygen atoms in total. The highest BCUT2D eigenvalue weighted by Gasteiger charge is 2.40. The van der Waals surface area contributed by atoms with E-state index in [9.17, 15) is 5.11 Å². The van der Waals surface area contributed by atoms with Crippen molar-refractivity contribution in [3.05, 3.63) is 30.1 Å². The molecule has 2 heteroatoms. The topological polar surface area (TPSA) is 33.1 Å². The fraction of sp³-hybridized carbons (Fsp3) is 0.643. The van der Waals surface area contributed by atoms with E-state index in [0.29, 0.717) is 0 Å². The summed E-state index contributed by atoms with van der Waals surface area (Å²) in [5, 5.41) is 10.2. The van der Waals surface area contributed by atoms with Crippen LogP contribution in [0, 0.1) is 17.8 Å². The predicted molar refractivity (Wildman–Crippen MR) is 62.8 cm³/mol. The van der Waals surface area contributed by atoms with Gasteiger partial charge in [0.15, 0.2) is 0 Å². The van der Waals surface area contributed by atoms with Gasteiger partial charge < -0.3 is 5.11 Å². The first-order chi connectivity index (χ1) is 7.83. The number of fused-ring (bicyclic) bond motifs is 2. The van der Waals surface area contributed by atoms with E-state index in [0.717, 1.165) is 29.7 Å². The van der Waals surface area contributed by atoms with Crippen molar-refractivity contribution in [2.24, 2.45) is 17.8 Å². The summed E-state index contributed by atoms with van der Waals surface area (Å²) in [6, 6.07) is 3.88. The normalized spacial score (nSPS) is 34.2. The molecule has 2 aliphatic rings. The van der Waals surface area contributed by atoms with E-state index in [1.165, 1.54) is 25.7 Å². The van der Waals surface area contributed by atoms with Crippen molar-refractivity contribution in [2.75, 3.05) is 0 Å². The van der Waals surface area contributed by atoms with E-state index in [-0.39, 0.29) is 6.10 Å². The number of aliphatic hydroxyl groups is 1. The van der Waals surface area contributed by atoms with Crippen LogP contribution in [0.2, 0.25) is 0 Å². The Kier molecular flexibility index (Phi) is 2.68. The molecule has 1 aromatic heterocycles. The van der Waals surface area contributed by atoms with Gasteiger partial charge in [0.25, 0.3) is 0 Å². The molecule has 0 spiro atoms. The van der Waals surface area contributed by atoms with Gasteiger partial charge in [0.2, 0.25) is 0 Å². The summed E-state index contributed by atoms with van der Waals surface area (Å²) in [6.45, 7) is 0. The van der Waals surface area contributed by atoms with Crippen LogP contribution >= 0.6 is 0 Å². The molecule has 2 bridgehead atoms. The van der Waals surface area contributed by atoms with Crippen LogP contribution in [0.4, 0.5) is 0 Å². The van der Waals surface area contributed by atoms with E-state index >= 15 is 0 Å². The highest BCUT2D eigenvalue weighted by atomic mass is 16.3. The Labute approximate surface area is 96.7 Å². The van der Waals surface area contributed by atoms with Gasteiger partial charge in [0.05, 0.1) is 6.10 Å². The maximum Gasteiger partial charge on any atom is 0.0807 e. The minimum atomic E-state index is -0.307. The summed E-state index contributed by atoms with van der Waals surface area (Å²) in [5.41, 5.74) is 0.977. The lowest BCUT2D eigenvalue weighted by atomic mass is 9.84. The maximum atomic E-state index is 10.2. The highest BCUT2D eigenvalue weighted by molar-refractivity contribution is 5.12. The maximum absolute atomic E-state index is 10.2. The molecule has 1 N–H and O–H groups in total. The molecule has 1 aromatic rings. The van der Waals surface area contributed by atoms with Crippen molar-refractivity contribution in [2.45, 2.75) is 38.2 Å². The van der Waals surface area contributed by atoms with Crippen molar-refractivity contribution < 1.29 is 5.11 Å². The first-order valence-corrected chi connectivity index (χ1v) is 6.41. The predicted octanol–water partition coefficient (Wildman–Crippen LogP) is 2.94. The van der Waals surface area contributed by atoms with Crippen molar-refractivity contribution in [3.8, 4) is 0 Å². The second-order valence-electron chi connectivity index (χ2n) is 5.47. The molecule has 0 amide bonds. The number of pyridine rings is 1. The SMILES string of the molecule is OC(CC1CC2CCC1C2)c1cccnc1. The smallest absolute Gasteiger partial charge is 0.0807 e. The zero-order valence-corrected chi connectivity index (χ0v) is 9.55. The van der Waals surface area contributed by atoms with Gasteiger partial charge in [-0.25, -0.2) is 0 Å². The van der Waals surface area contributed by atoms with Crippen molar-refractivity contribution in [3.63, 3.8) is 0 Å². The molecule has 1 heterocycles. The lowest BCUT2D eigenvalue weighted by Crippen LogP contribution is -2.14. The van der Waals surface area contributed by atoms with Crippen LogP contribution in [0.5, 0.6) is 0 Å². The van der Waals surface area contributed by atoms with E-state index in [1.807, 2.05) is 12.1 Å². The van der Waals surface area contributed by atoms with E-state index in [4.69, 9.17) is 0 Å². The number of hydrogen-bond donors (Lipinski definition) is 1. The Bertz CT molecular complexity index is 351. The van der Waals surface area contributed by atoms with Gasteiger partial charge in [-0.3, -0.25) is 4.98 Å². The Morgan fingerprint density at radius 3 is 2.94 bits per heavy atom. The first-order valence-electron chi connectivity index (χ1n) is 6.41. The van der Waals surface area contributed by atoms with Crippen LogP contribution in [-0.2, 0) is 0 Å². The summed E-state index contributed by atoms with van der Waals surface area (Å²) in [5.74, 6) is 2.63. The monoisotopic (exact) mass is 217 g/mol. The van der Waals surface area contributed by atoms with E-state index in [1.54, 1.807) is 12.4 Å². The molecule has 2 fully saturated rings. The van der Waals surface area contributed by atoms with Crippen LogP contribution in [0.25, 0.3) is 0 Å². The van der Waals surface area contributed by atoms with Crippen LogP contribution in [-0.4, -0.2) is 10.1 Å². The first kappa shape index (κ1) is 10.3. The fourth-order valence-electron chi connectivity index (χ4n) is 3.66. The zero-order chi connectivity index (χ0) is 11.0. The van der Waals surface area contributed by atoms with E-state index in [2.05, 4.69) is 4.98 Å². The molecule has 0 radical (unpaired) electrons. The fourth-order valence-corrected chi connectivity index (χ4v) is 3.66. The van der Waals surface area contributed by atoms with Crippen LogP contribution in [0.1, 0.15) is 43.8 Å². The minimum Gasteiger partial charge on any atom is -0.388 e. The van der Waals surface area contributed by atoms with Crippen LogP contribution < -0.4 is 0 Å². The quantitative estimate of drug-likeness (QED) is 0.844. The highest BCUT2D eigenvalue weighted by Crippen LogP contribution is 2.50. The van der Waals surface area contributed by atoms with Crippen molar-refractivity contribution in [1.29, 1.82) is 0 Å². The standard InChI is InChI=1S/C14H19NO/c16-14(12-2-1-5-15-9-12)8-13-7-10-3-4-11(13)6-10/h1-2,5,9-11,13-14,16H,3-4,6-8H2. The number of aromatic nitrogens is 1. The minimum absolute atomic E-state index is 0.307. The Morgan fingerprint density at radius 1 is 1.38 bits per heavy atom. The summed E-state index contributed by atoms with van der Waals surface area (Å²) >= 11 is 0. The largest absolute Gasteiger partial charge is 0.388 e. The third-order valence-corrected chi connectivity index (χ3v) is 4.48. The summed E-state index contributed by atoms with van der Waals surface area (Å²) < 4.78 is 0. The summed E-state index contributed by atoms with van der Waals surface area (Å²) in [4.78, 5) is 4.07. The van der Waals surface area contributed by atoms with Crippen LogP contribution in [0.3, 0.4) is 0 Å². The molecule has 2 saturated carbocycles. The Balaban J connectivity index is 1.63. The van der Waals surface area contributed by atoms with Gasteiger partial charge in [-0.15, -0.1) is 0 Å². The molecular weight excluding hydrogens is 198 g/mol.